The third-order valence-electron chi connectivity index (χ3n) is 2.98. The molecular formula is C11H18N2O3. The van der Waals surface area contributed by atoms with Crippen molar-refractivity contribution in [3.63, 3.8) is 0 Å². The molecule has 0 aromatic heterocycles. The second-order valence-electron chi connectivity index (χ2n) is 4.30. The standard InChI is InChI=1S/C11H18N2O3/c1-3-4-9(12)10(14)13-5-7(2)8(6-13)11(15)16/h3,7-9H,1,4-6,12H2,2H3,(H,15,16)/t7-,8-,9?/m1/s1. The second-order valence-corrected chi connectivity index (χ2v) is 4.30. The summed E-state index contributed by atoms with van der Waals surface area (Å²) >= 11 is 0. The number of carbonyl (C=O) groups is 2. The van der Waals surface area contributed by atoms with Crippen LogP contribution in [-0.2, 0) is 9.59 Å². The third-order valence-corrected chi connectivity index (χ3v) is 2.98. The van der Waals surface area contributed by atoms with E-state index < -0.39 is 17.9 Å². The van der Waals surface area contributed by atoms with Crippen LogP contribution >= 0.6 is 0 Å². The highest BCUT2D eigenvalue weighted by Crippen LogP contribution is 2.23. The summed E-state index contributed by atoms with van der Waals surface area (Å²) in [7, 11) is 0. The lowest BCUT2D eigenvalue weighted by Crippen LogP contribution is -2.42. The lowest BCUT2D eigenvalue weighted by atomic mass is 9.99. The van der Waals surface area contributed by atoms with Crippen molar-refractivity contribution < 1.29 is 14.7 Å². The van der Waals surface area contributed by atoms with Crippen molar-refractivity contribution in [2.24, 2.45) is 17.6 Å². The number of rotatable bonds is 4. The SMILES string of the molecule is C=CCC(N)C(=O)N1C[C@@H](C)[C@H](C(=O)O)C1. The minimum absolute atomic E-state index is 0.0163. The molecule has 3 N–H and O–H groups in total. The monoisotopic (exact) mass is 226 g/mol. The minimum Gasteiger partial charge on any atom is -0.481 e. The maximum absolute atomic E-state index is 11.8. The zero-order chi connectivity index (χ0) is 12.3. The molecule has 1 aliphatic heterocycles. The molecule has 1 saturated heterocycles. The van der Waals surface area contributed by atoms with E-state index in [9.17, 15) is 9.59 Å². The van der Waals surface area contributed by atoms with Gasteiger partial charge in [0.25, 0.3) is 0 Å². The van der Waals surface area contributed by atoms with E-state index >= 15 is 0 Å². The Balaban J connectivity index is 2.61. The number of hydrogen-bond acceptors (Lipinski definition) is 3. The average molecular weight is 226 g/mol. The van der Waals surface area contributed by atoms with Gasteiger partial charge in [-0.2, -0.15) is 0 Å². The van der Waals surface area contributed by atoms with Gasteiger partial charge in [-0.3, -0.25) is 9.59 Å². The summed E-state index contributed by atoms with van der Waals surface area (Å²) in [5.74, 6) is -1.52. The molecule has 0 bridgehead atoms. The number of nitrogens with two attached hydrogens (primary N) is 1. The van der Waals surface area contributed by atoms with Gasteiger partial charge in [-0.25, -0.2) is 0 Å². The molecule has 0 aromatic carbocycles. The molecule has 90 valence electrons. The Bertz CT molecular complexity index is 304. The highest BCUT2D eigenvalue weighted by atomic mass is 16.4. The number of amides is 1. The number of carboxylic acid groups (broad SMARTS) is 1. The number of carbonyl (C=O) groups excluding carboxylic acids is 1. The number of carboxylic acids is 1. The summed E-state index contributed by atoms with van der Waals surface area (Å²) in [4.78, 5) is 24.2. The van der Waals surface area contributed by atoms with Crippen LogP contribution in [0.15, 0.2) is 12.7 Å². The fourth-order valence-corrected chi connectivity index (χ4v) is 1.98. The second kappa shape index (κ2) is 5.12. The Morgan fingerprint density at radius 1 is 1.62 bits per heavy atom. The molecule has 1 heterocycles. The summed E-state index contributed by atoms with van der Waals surface area (Å²) in [6.07, 6.45) is 2.01. The summed E-state index contributed by atoms with van der Waals surface area (Å²) in [5, 5.41) is 8.94. The van der Waals surface area contributed by atoms with Crippen LogP contribution in [0.25, 0.3) is 0 Å². The van der Waals surface area contributed by atoms with Crippen LogP contribution in [-0.4, -0.2) is 41.0 Å². The molecular weight excluding hydrogens is 208 g/mol. The molecule has 16 heavy (non-hydrogen) atoms. The predicted octanol–water partition coefficient (Wildman–Crippen LogP) is 0.0689. The zero-order valence-corrected chi connectivity index (χ0v) is 9.43. The first kappa shape index (κ1) is 12.7. The molecule has 5 heteroatoms. The molecule has 1 fully saturated rings. The van der Waals surface area contributed by atoms with Crippen LogP contribution in [0, 0.1) is 11.8 Å². The van der Waals surface area contributed by atoms with Gasteiger partial charge in [0.05, 0.1) is 12.0 Å². The molecule has 0 spiro atoms. The first-order valence-electron chi connectivity index (χ1n) is 5.35. The van der Waals surface area contributed by atoms with Crippen molar-refractivity contribution in [3.8, 4) is 0 Å². The highest BCUT2D eigenvalue weighted by molar-refractivity contribution is 5.83. The first-order valence-corrected chi connectivity index (χ1v) is 5.35. The highest BCUT2D eigenvalue weighted by Gasteiger charge is 2.37. The van der Waals surface area contributed by atoms with Gasteiger partial charge in [0, 0.05) is 13.1 Å². The largest absolute Gasteiger partial charge is 0.481 e. The Morgan fingerprint density at radius 3 is 2.69 bits per heavy atom. The van der Waals surface area contributed by atoms with Crippen LogP contribution < -0.4 is 5.73 Å². The fraction of sp³-hybridized carbons (Fsp3) is 0.636. The van der Waals surface area contributed by atoms with E-state index in [0.717, 1.165) is 0 Å². The Labute approximate surface area is 94.9 Å². The normalized spacial score (nSPS) is 26.5. The molecule has 1 aliphatic rings. The molecule has 0 radical (unpaired) electrons. The third kappa shape index (κ3) is 2.61. The molecule has 3 atom stereocenters. The van der Waals surface area contributed by atoms with E-state index in [1.807, 2.05) is 6.92 Å². The van der Waals surface area contributed by atoms with Crippen molar-refractivity contribution in [2.75, 3.05) is 13.1 Å². The van der Waals surface area contributed by atoms with Gasteiger partial charge >= 0.3 is 5.97 Å². The van der Waals surface area contributed by atoms with Crippen LogP contribution in [0.1, 0.15) is 13.3 Å². The lowest BCUT2D eigenvalue weighted by molar-refractivity contribution is -0.142. The van der Waals surface area contributed by atoms with Crippen molar-refractivity contribution in [1.82, 2.24) is 4.90 Å². The topological polar surface area (TPSA) is 83.6 Å². The van der Waals surface area contributed by atoms with Gasteiger partial charge in [0.15, 0.2) is 0 Å². The van der Waals surface area contributed by atoms with Crippen molar-refractivity contribution in [1.29, 1.82) is 0 Å². The molecule has 1 unspecified atom stereocenters. The number of aliphatic carboxylic acids is 1. The molecule has 0 aliphatic carbocycles. The molecule has 5 nitrogen and oxygen atoms in total. The van der Waals surface area contributed by atoms with E-state index in [2.05, 4.69) is 6.58 Å². The fourth-order valence-electron chi connectivity index (χ4n) is 1.98. The predicted molar refractivity (Wildman–Crippen MR) is 59.7 cm³/mol. The summed E-state index contributed by atoms with van der Waals surface area (Å²) in [5.41, 5.74) is 5.66. The van der Waals surface area contributed by atoms with Crippen LogP contribution in [0.4, 0.5) is 0 Å². The van der Waals surface area contributed by atoms with Crippen molar-refractivity contribution in [3.05, 3.63) is 12.7 Å². The summed E-state index contributed by atoms with van der Waals surface area (Å²) < 4.78 is 0. The van der Waals surface area contributed by atoms with E-state index in [1.165, 1.54) is 4.90 Å². The van der Waals surface area contributed by atoms with Gasteiger partial charge < -0.3 is 15.7 Å². The summed E-state index contributed by atoms with van der Waals surface area (Å²) in [6.45, 7) is 6.10. The molecule has 1 amide bonds. The number of hydrogen-bond donors (Lipinski definition) is 2. The van der Waals surface area contributed by atoms with Gasteiger partial charge in [-0.1, -0.05) is 13.0 Å². The zero-order valence-electron chi connectivity index (χ0n) is 9.43. The average Bonchev–Trinajstić information content (AvgIpc) is 2.59. The van der Waals surface area contributed by atoms with Crippen LogP contribution in [0.3, 0.4) is 0 Å². The lowest BCUT2D eigenvalue weighted by Gasteiger charge is -2.19. The smallest absolute Gasteiger partial charge is 0.308 e. The summed E-state index contributed by atoms with van der Waals surface area (Å²) in [6, 6.07) is -0.600. The van der Waals surface area contributed by atoms with Gasteiger partial charge in [-0.15, -0.1) is 6.58 Å². The molecule has 0 aromatic rings. The van der Waals surface area contributed by atoms with Gasteiger partial charge in [0.2, 0.25) is 5.91 Å². The number of nitrogens with zero attached hydrogens (tertiary/aromatic N) is 1. The maximum atomic E-state index is 11.8. The molecule has 1 rings (SSSR count). The van der Waals surface area contributed by atoms with Crippen LogP contribution in [0.5, 0.6) is 0 Å². The molecule has 0 saturated carbocycles. The van der Waals surface area contributed by atoms with Gasteiger partial charge in [-0.05, 0) is 12.3 Å². The van der Waals surface area contributed by atoms with Gasteiger partial charge in [0.1, 0.15) is 0 Å². The van der Waals surface area contributed by atoms with E-state index in [1.54, 1.807) is 6.08 Å². The van der Waals surface area contributed by atoms with Crippen molar-refractivity contribution in [2.45, 2.75) is 19.4 Å². The van der Waals surface area contributed by atoms with E-state index in [4.69, 9.17) is 10.8 Å². The van der Waals surface area contributed by atoms with E-state index in [-0.39, 0.29) is 18.4 Å². The Hall–Kier alpha value is -1.36. The first-order chi connectivity index (χ1) is 7.47. The van der Waals surface area contributed by atoms with Crippen LogP contribution in [0.2, 0.25) is 0 Å². The number of likely N-dealkylation sites (tertiary alicyclic amines) is 1. The van der Waals surface area contributed by atoms with Crippen molar-refractivity contribution >= 4 is 11.9 Å². The minimum atomic E-state index is -0.847. The Kier molecular flexibility index (Phi) is 4.06. The quantitative estimate of drug-likeness (QED) is 0.664. The van der Waals surface area contributed by atoms with E-state index in [0.29, 0.717) is 13.0 Å². The maximum Gasteiger partial charge on any atom is 0.308 e. The Morgan fingerprint density at radius 2 is 2.25 bits per heavy atom.